The van der Waals surface area contributed by atoms with E-state index in [1.807, 2.05) is 95.3 Å². The third kappa shape index (κ3) is 8.68. The molecule has 214 valence electrons. The van der Waals surface area contributed by atoms with Crippen molar-refractivity contribution in [3.05, 3.63) is 101 Å². The minimum absolute atomic E-state index is 0.0788. The fraction of sp³-hybridized carbons (Fsp3) is 0.375. The molecule has 0 aliphatic rings. The maximum Gasteiger partial charge on any atom is 0.244 e. The van der Waals surface area contributed by atoms with Gasteiger partial charge < -0.3 is 10.2 Å². The Bertz CT molecular complexity index is 1390. The molecular weight excluding hydrogens is 522 g/mol. The van der Waals surface area contributed by atoms with Crippen molar-refractivity contribution in [2.24, 2.45) is 0 Å². The topological polar surface area (TPSA) is 86.8 Å². The zero-order chi connectivity index (χ0) is 29.4. The van der Waals surface area contributed by atoms with Gasteiger partial charge in [-0.1, -0.05) is 73.2 Å². The van der Waals surface area contributed by atoms with Gasteiger partial charge >= 0.3 is 0 Å². The van der Waals surface area contributed by atoms with Crippen LogP contribution in [0, 0.1) is 20.8 Å². The highest BCUT2D eigenvalue weighted by molar-refractivity contribution is 7.92. The predicted molar refractivity (Wildman–Crippen MR) is 162 cm³/mol. The third-order valence-corrected chi connectivity index (χ3v) is 8.06. The molecule has 0 aliphatic heterocycles. The average Bonchev–Trinajstić information content (AvgIpc) is 2.89. The normalized spacial score (nSPS) is 12.8. The van der Waals surface area contributed by atoms with Crippen LogP contribution in [0.15, 0.2) is 72.8 Å². The lowest BCUT2D eigenvalue weighted by atomic mass is 10.0. The molecule has 0 saturated heterocycles. The molecule has 0 bridgehead atoms. The lowest BCUT2D eigenvalue weighted by Crippen LogP contribution is -2.54. The molecule has 0 heterocycles. The van der Waals surface area contributed by atoms with Crippen molar-refractivity contribution >= 4 is 27.5 Å². The summed E-state index contributed by atoms with van der Waals surface area (Å²) in [6.07, 6.45) is 2.13. The van der Waals surface area contributed by atoms with Gasteiger partial charge in [-0.05, 0) is 68.5 Å². The van der Waals surface area contributed by atoms with Crippen molar-refractivity contribution in [3.63, 3.8) is 0 Å². The molecular formula is C32H41N3O4S. The van der Waals surface area contributed by atoms with Crippen LogP contribution < -0.4 is 9.62 Å². The van der Waals surface area contributed by atoms with Gasteiger partial charge in [-0.3, -0.25) is 13.9 Å². The number of rotatable bonds is 12. The van der Waals surface area contributed by atoms with Gasteiger partial charge in [-0.15, -0.1) is 0 Å². The van der Waals surface area contributed by atoms with E-state index in [1.54, 1.807) is 12.1 Å². The van der Waals surface area contributed by atoms with E-state index < -0.39 is 28.5 Å². The lowest BCUT2D eigenvalue weighted by Gasteiger charge is -2.34. The quantitative estimate of drug-likeness (QED) is 0.339. The number of carbonyl (C=O) groups is 2. The Labute approximate surface area is 239 Å². The Kier molecular flexibility index (Phi) is 10.5. The minimum atomic E-state index is -3.80. The third-order valence-electron chi connectivity index (χ3n) is 6.92. The molecule has 8 heteroatoms. The first-order valence-electron chi connectivity index (χ1n) is 13.6. The fourth-order valence-corrected chi connectivity index (χ4v) is 5.43. The van der Waals surface area contributed by atoms with Gasteiger partial charge in [0.1, 0.15) is 12.6 Å². The Hall–Kier alpha value is -3.65. The maximum absolute atomic E-state index is 14.1. The number of anilines is 1. The standard InChI is InChI=1S/C32H41N3O4S/c1-7-26(5)33-32(37)30(20-27-11-9-8-10-12-27)34(21-28-15-13-23(2)14-16-28)31(36)22-35(40(6,38)39)29-18-24(3)17-25(4)19-29/h8-19,26,30H,7,20-22H2,1-6H3,(H,33,37)/t26-,30-/m0/s1. The molecule has 40 heavy (non-hydrogen) atoms. The van der Waals surface area contributed by atoms with E-state index in [-0.39, 0.29) is 18.5 Å². The van der Waals surface area contributed by atoms with Crippen molar-refractivity contribution in [3.8, 4) is 0 Å². The monoisotopic (exact) mass is 563 g/mol. The van der Waals surface area contributed by atoms with Gasteiger partial charge in [0.15, 0.2) is 0 Å². The summed E-state index contributed by atoms with van der Waals surface area (Å²) in [5.41, 5.74) is 5.04. The molecule has 3 aromatic rings. The Morgan fingerprint density at radius 1 is 0.850 bits per heavy atom. The molecule has 0 radical (unpaired) electrons. The number of aryl methyl sites for hydroxylation is 3. The van der Waals surface area contributed by atoms with Crippen LogP contribution in [0.3, 0.4) is 0 Å². The van der Waals surface area contributed by atoms with Gasteiger partial charge in [0.2, 0.25) is 21.8 Å². The van der Waals surface area contributed by atoms with E-state index in [0.29, 0.717) is 12.1 Å². The molecule has 3 rings (SSSR count). The largest absolute Gasteiger partial charge is 0.352 e. The minimum Gasteiger partial charge on any atom is -0.352 e. The number of nitrogens with one attached hydrogen (secondary N) is 1. The average molecular weight is 564 g/mol. The predicted octanol–water partition coefficient (Wildman–Crippen LogP) is 4.93. The first-order chi connectivity index (χ1) is 18.9. The second kappa shape index (κ2) is 13.6. The lowest BCUT2D eigenvalue weighted by molar-refractivity contribution is -0.140. The van der Waals surface area contributed by atoms with Gasteiger partial charge in [0.25, 0.3) is 0 Å². The van der Waals surface area contributed by atoms with Crippen LogP contribution in [0.1, 0.15) is 48.1 Å². The number of hydrogen-bond donors (Lipinski definition) is 1. The second-order valence-electron chi connectivity index (χ2n) is 10.6. The molecule has 1 N–H and O–H groups in total. The summed E-state index contributed by atoms with van der Waals surface area (Å²) in [4.78, 5) is 29.4. The van der Waals surface area contributed by atoms with Crippen molar-refractivity contribution in [1.82, 2.24) is 10.2 Å². The van der Waals surface area contributed by atoms with E-state index in [9.17, 15) is 18.0 Å². The zero-order valence-electron chi connectivity index (χ0n) is 24.3. The molecule has 0 saturated carbocycles. The van der Waals surface area contributed by atoms with Crippen molar-refractivity contribution < 1.29 is 18.0 Å². The highest BCUT2D eigenvalue weighted by atomic mass is 32.2. The Balaban J connectivity index is 2.07. The van der Waals surface area contributed by atoms with E-state index in [1.165, 1.54) is 4.90 Å². The van der Waals surface area contributed by atoms with Crippen LogP contribution in [0.4, 0.5) is 5.69 Å². The van der Waals surface area contributed by atoms with Crippen LogP contribution in [0.2, 0.25) is 0 Å². The molecule has 7 nitrogen and oxygen atoms in total. The number of benzene rings is 3. The zero-order valence-corrected chi connectivity index (χ0v) is 25.2. The molecule has 0 aliphatic carbocycles. The number of nitrogens with zero attached hydrogens (tertiary/aromatic N) is 2. The van der Waals surface area contributed by atoms with E-state index in [2.05, 4.69) is 5.32 Å². The van der Waals surface area contributed by atoms with Gasteiger partial charge in [-0.2, -0.15) is 0 Å². The second-order valence-corrected chi connectivity index (χ2v) is 12.6. The number of carbonyl (C=O) groups excluding carboxylic acids is 2. The van der Waals surface area contributed by atoms with Crippen LogP contribution >= 0.6 is 0 Å². The SMILES string of the molecule is CC[C@H](C)NC(=O)[C@H](Cc1ccccc1)N(Cc1ccc(C)cc1)C(=O)CN(c1cc(C)cc(C)c1)S(C)(=O)=O. The summed E-state index contributed by atoms with van der Waals surface area (Å²) in [6.45, 7) is 9.41. The van der Waals surface area contributed by atoms with Gasteiger partial charge in [-0.25, -0.2) is 8.42 Å². The first-order valence-corrected chi connectivity index (χ1v) is 15.5. The molecule has 0 spiro atoms. The van der Waals surface area contributed by atoms with Crippen molar-refractivity contribution in [2.75, 3.05) is 17.1 Å². The Morgan fingerprint density at radius 2 is 1.45 bits per heavy atom. The van der Waals surface area contributed by atoms with Gasteiger partial charge in [0.05, 0.1) is 11.9 Å². The summed E-state index contributed by atoms with van der Waals surface area (Å²) in [6, 6.07) is 21.9. The highest BCUT2D eigenvalue weighted by Crippen LogP contribution is 2.23. The van der Waals surface area contributed by atoms with Crippen molar-refractivity contribution in [2.45, 2.75) is 66.1 Å². The van der Waals surface area contributed by atoms with Crippen LogP contribution in [-0.4, -0.2) is 50.0 Å². The molecule has 0 aromatic heterocycles. The molecule has 3 aromatic carbocycles. The van der Waals surface area contributed by atoms with Gasteiger partial charge in [0, 0.05) is 19.0 Å². The van der Waals surface area contributed by atoms with Crippen molar-refractivity contribution in [1.29, 1.82) is 0 Å². The molecule has 2 amide bonds. The summed E-state index contributed by atoms with van der Waals surface area (Å²) >= 11 is 0. The molecule has 0 unspecified atom stereocenters. The summed E-state index contributed by atoms with van der Waals surface area (Å²) in [5, 5.41) is 3.05. The van der Waals surface area contributed by atoms with E-state index >= 15 is 0 Å². The summed E-state index contributed by atoms with van der Waals surface area (Å²) in [5.74, 6) is -0.721. The number of amides is 2. The van der Waals surface area contributed by atoms with E-state index in [4.69, 9.17) is 0 Å². The van der Waals surface area contributed by atoms with Crippen LogP contribution in [0.25, 0.3) is 0 Å². The fourth-order valence-electron chi connectivity index (χ4n) is 4.59. The first kappa shape index (κ1) is 30.9. The summed E-state index contributed by atoms with van der Waals surface area (Å²) < 4.78 is 27.1. The van der Waals surface area contributed by atoms with Crippen LogP contribution in [-0.2, 0) is 32.6 Å². The maximum atomic E-state index is 14.1. The molecule has 2 atom stereocenters. The molecule has 0 fully saturated rings. The number of hydrogen-bond acceptors (Lipinski definition) is 4. The summed E-state index contributed by atoms with van der Waals surface area (Å²) in [7, 11) is -3.80. The number of sulfonamides is 1. The van der Waals surface area contributed by atoms with Crippen LogP contribution in [0.5, 0.6) is 0 Å². The highest BCUT2D eigenvalue weighted by Gasteiger charge is 2.33. The smallest absolute Gasteiger partial charge is 0.244 e. The van der Waals surface area contributed by atoms with E-state index in [0.717, 1.165) is 44.8 Å². The Morgan fingerprint density at radius 3 is 2.00 bits per heavy atom.